The minimum atomic E-state index is 0.457. The lowest BCUT2D eigenvalue weighted by Gasteiger charge is -2.07. The summed E-state index contributed by atoms with van der Waals surface area (Å²) in [5.74, 6) is 0. The highest BCUT2D eigenvalue weighted by molar-refractivity contribution is 7.16. The Balaban J connectivity index is 2.00. The molecule has 108 valence electrons. The number of nitrogens with zero attached hydrogens (tertiary/aromatic N) is 2. The molecule has 0 saturated carbocycles. The number of hydrogen-bond donors (Lipinski definition) is 1. The molecule has 0 bridgehead atoms. The van der Waals surface area contributed by atoms with Crippen LogP contribution in [0.25, 0.3) is 22.0 Å². The number of rotatable bonds is 5. The van der Waals surface area contributed by atoms with E-state index < -0.39 is 0 Å². The molecular formula is C16H17N3S2. The minimum Gasteiger partial charge on any atom is -0.310 e. The molecule has 0 aliphatic carbocycles. The largest absolute Gasteiger partial charge is 0.310 e. The lowest BCUT2D eigenvalue weighted by atomic mass is 10.1. The first-order chi connectivity index (χ1) is 10.2. The predicted octanol–water partition coefficient (Wildman–Crippen LogP) is 4.43. The Hall–Kier alpha value is -1.56. The third-order valence-electron chi connectivity index (χ3n) is 3.07. The lowest BCUT2D eigenvalue weighted by molar-refractivity contribution is 0.593. The van der Waals surface area contributed by atoms with Gasteiger partial charge in [0.1, 0.15) is 10.7 Å². The molecule has 1 N–H and O–H groups in total. The highest BCUT2D eigenvalue weighted by atomic mass is 32.1. The lowest BCUT2D eigenvalue weighted by Crippen LogP contribution is -2.21. The van der Waals surface area contributed by atoms with Crippen molar-refractivity contribution in [3.05, 3.63) is 46.1 Å². The van der Waals surface area contributed by atoms with Gasteiger partial charge in [0, 0.05) is 28.4 Å². The summed E-state index contributed by atoms with van der Waals surface area (Å²) in [6, 6.07) is 10.8. The van der Waals surface area contributed by atoms with Crippen molar-refractivity contribution in [2.75, 3.05) is 0 Å². The fraction of sp³-hybridized carbons (Fsp3) is 0.250. The van der Waals surface area contributed by atoms with Crippen molar-refractivity contribution in [3.8, 4) is 22.0 Å². The molecular weight excluding hydrogens is 298 g/mol. The predicted molar refractivity (Wildman–Crippen MR) is 90.6 cm³/mol. The first-order valence-corrected chi connectivity index (χ1v) is 8.67. The zero-order valence-corrected chi connectivity index (χ0v) is 13.7. The summed E-state index contributed by atoms with van der Waals surface area (Å²) >= 11 is 3.33. The second-order valence-electron chi connectivity index (χ2n) is 5.07. The molecule has 0 aliphatic rings. The summed E-state index contributed by atoms with van der Waals surface area (Å²) in [5, 5.41) is 6.53. The molecule has 2 heterocycles. The van der Waals surface area contributed by atoms with Crippen LogP contribution in [0.4, 0.5) is 0 Å². The Morgan fingerprint density at radius 3 is 2.67 bits per heavy atom. The van der Waals surface area contributed by atoms with Gasteiger partial charge in [0.05, 0.1) is 11.2 Å². The average molecular weight is 315 g/mol. The number of thiazole rings is 2. The number of nitrogens with one attached hydrogen (secondary N) is 1. The number of benzene rings is 1. The van der Waals surface area contributed by atoms with E-state index in [1.165, 1.54) is 4.88 Å². The summed E-state index contributed by atoms with van der Waals surface area (Å²) in [6.45, 7) is 5.15. The van der Waals surface area contributed by atoms with E-state index in [9.17, 15) is 0 Å². The fourth-order valence-electron chi connectivity index (χ4n) is 2.02. The summed E-state index contributed by atoms with van der Waals surface area (Å²) in [5.41, 5.74) is 5.05. The third-order valence-corrected chi connectivity index (χ3v) is 4.73. The molecule has 1 aromatic carbocycles. The van der Waals surface area contributed by atoms with Crippen LogP contribution in [0.1, 0.15) is 18.7 Å². The highest BCUT2D eigenvalue weighted by Gasteiger charge is 2.15. The van der Waals surface area contributed by atoms with Crippen molar-refractivity contribution in [3.63, 3.8) is 0 Å². The fourth-order valence-corrected chi connectivity index (χ4v) is 3.63. The zero-order valence-electron chi connectivity index (χ0n) is 12.0. The Kier molecular flexibility index (Phi) is 4.43. The van der Waals surface area contributed by atoms with Crippen molar-refractivity contribution in [1.29, 1.82) is 0 Å². The van der Waals surface area contributed by atoms with Gasteiger partial charge in [-0.1, -0.05) is 44.2 Å². The van der Waals surface area contributed by atoms with Gasteiger partial charge in [0.15, 0.2) is 0 Å². The van der Waals surface area contributed by atoms with Crippen molar-refractivity contribution in [2.24, 2.45) is 0 Å². The minimum absolute atomic E-state index is 0.457. The van der Waals surface area contributed by atoms with Crippen LogP contribution in [-0.4, -0.2) is 16.0 Å². The van der Waals surface area contributed by atoms with Crippen LogP contribution in [0.2, 0.25) is 0 Å². The summed E-state index contributed by atoms with van der Waals surface area (Å²) in [4.78, 5) is 10.5. The van der Waals surface area contributed by atoms with Gasteiger partial charge in [-0.25, -0.2) is 9.97 Å². The molecule has 0 atom stereocenters. The van der Waals surface area contributed by atoms with E-state index in [0.29, 0.717) is 6.04 Å². The molecule has 5 heteroatoms. The molecule has 0 saturated heterocycles. The Morgan fingerprint density at radius 1 is 1.19 bits per heavy atom. The number of aromatic nitrogens is 2. The van der Waals surface area contributed by atoms with Crippen LogP contribution in [0, 0.1) is 0 Å². The number of hydrogen-bond acceptors (Lipinski definition) is 5. The Morgan fingerprint density at radius 2 is 2.00 bits per heavy atom. The molecule has 3 nitrogen and oxygen atoms in total. The molecule has 0 fully saturated rings. The zero-order chi connectivity index (χ0) is 14.7. The Bertz CT molecular complexity index is 688. The first-order valence-electron chi connectivity index (χ1n) is 6.91. The van der Waals surface area contributed by atoms with Crippen LogP contribution in [-0.2, 0) is 6.54 Å². The van der Waals surface area contributed by atoms with E-state index >= 15 is 0 Å². The molecule has 3 aromatic rings. The van der Waals surface area contributed by atoms with E-state index in [4.69, 9.17) is 4.98 Å². The summed E-state index contributed by atoms with van der Waals surface area (Å²) in [6.07, 6.45) is 0. The summed E-state index contributed by atoms with van der Waals surface area (Å²) in [7, 11) is 0. The first kappa shape index (κ1) is 14.4. The van der Waals surface area contributed by atoms with Crippen LogP contribution >= 0.6 is 22.7 Å². The van der Waals surface area contributed by atoms with Crippen molar-refractivity contribution < 1.29 is 0 Å². The summed E-state index contributed by atoms with van der Waals surface area (Å²) < 4.78 is 0. The second kappa shape index (κ2) is 6.47. The highest BCUT2D eigenvalue weighted by Crippen LogP contribution is 2.33. The van der Waals surface area contributed by atoms with Gasteiger partial charge >= 0.3 is 0 Å². The maximum Gasteiger partial charge on any atom is 0.143 e. The molecule has 0 unspecified atom stereocenters. The van der Waals surface area contributed by atoms with Gasteiger partial charge in [-0.05, 0) is 0 Å². The van der Waals surface area contributed by atoms with Gasteiger partial charge in [0.2, 0.25) is 0 Å². The van der Waals surface area contributed by atoms with Crippen molar-refractivity contribution in [1.82, 2.24) is 15.3 Å². The van der Waals surface area contributed by atoms with Crippen molar-refractivity contribution >= 4 is 22.7 Å². The standard InChI is InChI=1S/C16H17N3S2/c1-11(2)17-8-14-15(12-6-4-3-5-7-12)19-16(21-14)13-9-20-10-18-13/h3-7,9-11,17H,8H2,1-2H3. The maximum absolute atomic E-state index is 4.82. The third kappa shape index (κ3) is 3.37. The molecule has 0 amide bonds. The molecule has 3 rings (SSSR count). The quantitative estimate of drug-likeness (QED) is 0.757. The van der Waals surface area contributed by atoms with Crippen LogP contribution in [0.3, 0.4) is 0 Å². The van der Waals surface area contributed by atoms with Gasteiger partial charge in [0.25, 0.3) is 0 Å². The molecule has 0 spiro atoms. The van der Waals surface area contributed by atoms with Gasteiger partial charge < -0.3 is 5.32 Å². The molecule has 21 heavy (non-hydrogen) atoms. The average Bonchev–Trinajstić information content (AvgIpc) is 3.15. The van der Waals surface area contributed by atoms with Crippen LogP contribution < -0.4 is 5.32 Å². The smallest absolute Gasteiger partial charge is 0.143 e. The maximum atomic E-state index is 4.82. The van der Waals surface area contributed by atoms with E-state index in [2.05, 4.69) is 48.4 Å². The second-order valence-corrected chi connectivity index (χ2v) is 6.87. The topological polar surface area (TPSA) is 37.8 Å². The Labute approximate surface area is 132 Å². The van der Waals surface area contributed by atoms with Gasteiger partial charge in [-0.3, -0.25) is 0 Å². The molecule has 2 aromatic heterocycles. The SMILES string of the molecule is CC(C)NCc1sc(-c2cscn2)nc1-c1ccccc1. The van der Waals surface area contributed by atoms with Crippen molar-refractivity contribution in [2.45, 2.75) is 26.4 Å². The molecule has 0 radical (unpaired) electrons. The van der Waals surface area contributed by atoms with Gasteiger partial charge in [-0.15, -0.1) is 22.7 Å². The van der Waals surface area contributed by atoms with E-state index in [1.807, 2.05) is 17.0 Å². The van der Waals surface area contributed by atoms with Crippen LogP contribution in [0.5, 0.6) is 0 Å². The van der Waals surface area contributed by atoms with Crippen LogP contribution in [0.15, 0.2) is 41.2 Å². The van der Waals surface area contributed by atoms with E-state index in [-0.39, 0.29) is 0 Å². The molecule has 0 aliphatic heterocycles. The monoisotopic (exact) mass is 315 g/mol. The normalized spacial score (nSPS) is 11.2. The van der Waals surface area contributed by atoms with E-state index in [0.717, 1.165) is 28.5 Å². The van der Waals surface area contributed by atoms with Gasteiger partial charge in [-0.2, -0.15) is 0 Å². The van der Waals surface area contributed by atoms with E-state index in [1.54, 1.807) is 22.7 Å².